The van der Waals surface area contributed by atoms with Crippen molar-refractivity contribution in [1.82, 2.24) is 9.55 Å². The van der Waals surface area contributed by atoms with Gasteiger partial charge in [-0.2, -0.15) is 0 Å². The van der Waals surface area contributed by atoms with Crippen molar-refractivity contribution in [1.29, 1.82) is 0 Å². The van der Waals surface area contributed by atoms with Crippen LogP contribution in [0.1, 0.15) is 25.3 Å². The molecule has 0 spiro atoms. The number of fused-ring (bicyclic) bond motifs is 1. The van der Waals surface area contributed by atoms with Crippen molar-refractivity contribution in [2.75, 3.05) is 0 Å². The van der Waals surface area contributed by atoms with E-state index in [1.807, 2.05) is 17.8 Å². The van der Waals surface area contributed by atoms with Crippen LogP contribution in [0.15, 0.2) is 24.7 Å². The molecule has 0 aromatic rings. The van der Waals surface area contributed by atoms with Crippen molar-refractivity contribution in [3.05, 3.63) is 30.2 Å². The minimum atomic E-state index is 0.553. The van der Waals surface area contributed by atoms with Crippen molar-refractivity contribution < 1.29 is 0 Å². The van der Waals surface area contributed by atoms with E-state index < -0.39 is 0 Å². The van der Waals surface area contributed by atoms with Gasteiger partial charge < -0.3 is 4.57 Å². The van der Waals surface area contributed by atoms with E-state index in [0.717, 1.165) is 5.69 Å². The highest BCUT2D eigenvalue weighted by Gasteiger charge is 2.12. The molecule has 0 N–H and O–H groups in total. The molecule has 0 bridgehead atoms. The molecule has 0 atom stereocenters. The summed E-state index contributed by atoms with van der Waals surface area (Å²) in [6, 6.07) is 2.14. The third-order valence-corrected chi connectivity index (χ3v) is 2.35. The van der Waals surface area contributed by atoms with Gasteiger partial charge in [-0.05, 0) is 17.5 Å². The van der Waals surface area contributed by atoms with Gasteiger partial charge in [0.15, 0.2) is 0 Å². The zero-order valence-electron chi connectivity index (χ0n) is 8.28. The van der Waals surface area contributed by atoms with Crippen molar-refractivity contribution in [2.24, 2.45) is 7.05 Å². The summed E-state index contributed by atoms with van der Waals surface area (Å²) in [4.78, 5) is 4.38. The Kier molecular flexibility index (Phi) is 1.83. The summed E-state index contributed by atoms with van der Waals surface area (Å²) >= 11 is 0. The smallest absolute Gasteiger partial charge is 0.0867 e. The average molecular weight is 174 g/mol. The van der Waals surface area contributed by atoms with Gasteiger partial charge in [-0.3, -0.25) is 4.98 Å². The normalized spacial score (nSPS) is 11.4. The highest BCUT2D eigenvalue weighted by molar-refractivity contribution is 5.65. The molecule has 2 heterocycles. The van der Waals surface area contributed by atoms with Gasteiger partial charge >= 0.3 is 0 Å². The fraction of sp³-hybridized carbons (Fsp3) is 0.364. The summed E-state index contributed by atoms with van der Waals surface area (Å²) in [6.45, 7) is 4.40. The van der Waals surface area contributed by atoms with Crippen LogP contribution in [0.5, 0.6) is 0 Å². The Hall–Kier alpha value is -1.31. The first-order valence-corrected chi connectivity index (χ1v) is 4.59. The molecule has 2 rings (SSSR count). The molecule has 0 saturated heterocycles. The number of nitrogens with zero attached hydrogens (tertiary/aromatic N) is 2. The summed E-state index contributed by atoms with van der Waals surface area (Å²) in [6.07, 6.45) is 6.10. The van der Waals surface area contributed by atoms with E-state index >= 15 is 0 Å². The van der Waals surface area contributed by atoms with Gasteiger partial charge in [0, 0.05) is 31.2 Å². The second-order valence-electron chi connectivity index (χ2n) is 3.78. The van der Waals surface area contributed by atoms with Crippen LogP contribution < -0.4 is 0 Å². The first kappa shape index (κ1) is 8.30. The Bertz CT molecular complexity index is 387. The van der Waals surface area contributed by atoms with Gasteiger partial charge in [0.05, 0.1) is 5.69 Å². The zero-order valence-corrected chi connectivity index (χ0v) is 8.28. The molecule has 2 aliphatic rings. The molecular formula is C11H14N2. The molecule has 2 aliphatic heterocycles. The van der Waals surface area contributed by atoms with E-state index in [4.69, 9.17) is 0 Å². The van der Waals surface area contributed by atoms with E-state index in [0.29, 0.717) is 5.92 Å². The number of hydrogen-bond donors (Lipinski definition) is 0. The summed E-state index contributed by atoms with van der Waals surface area (Å²) in [7, 11) is 2.02. The quantitative estimate of drug-likeness (QED) is 0.650. The number of aromatic nitrogens is 2. The van der Waals surface area contributed by atoms with Gasteiger partial charge in [0.25, 0.3) is 0 Å². The predicted molar refractivity (Wildman–Crippen MR) is 53.9 cm³/mol. The Balaban J connectivity index is 2.60. The minimum Gasteiger partial charge on any atom is -0.355 e. The first-order valence-electron chi connectivity index (χ1n) is 4.59. The summed E-state index contributed by atoms with van der Waals surface area (Å²) < 4.78 is 2.03. The van der Waals surface area contributed by atoms with Crippen molar-refractivity contribution in [2.45, 2.75) is 19.8 Å². The number of rotatable bonds is 1. The van der Waals surface area contributed by atoms with Crippen LogP contribution in [0.4, 0.5) is 0 Å². The maximum Gasteiger partial charge on any atom is 0.0867 e. The van der Waals surface area contributed by atoms with Gasteiger partial charge in [-0.15, -0.1) is 0 Å². The molecule has 13 heavy (non-hydrogen) atoms. The average Bonchev–Trinajstić information content (AvgIpc) is 2.46. The lowest BCUT2D eigenvalue weighted by molar-refractivity contribution is 0.867. The van der Waals surface area contributed by atoms with Crippen LogP contribution in [-0.4, -0.2) is 9.55 Å². The molecule has 2 heteroatoms. The summed E-state index contributed by atoms with van der Waals surface area (Å²) in [5.74, 6) is 0.553. The first-order chi connectivity index (χ1) is 6.18. The van der Waals surface area contributed by atoms with Crippen LogP contribution >= 0.6 is 0 Å². The minimum absolute atomic E-state index is 0.553. The number of aryl methyl sites for hydroxylation is 1. The van der Waals surface area contributed by atoms with Crippen LogP contribution in [-0.2, 0) is 7.05 Å². The molecule has 2 nitrogen and oxygen atoms in total. The summed E-state index contributed by atoms with van der Waals surface area (Å²) in [5, 5.41) is 0. The lowest BCUT2D eigenvalue weighted by Gasteiger charge is -2.06. The molecule has 0 unspecified atom stereocenters. The van der Waals surface area contributed by atoms with Crippen molar-refractivity contribution in [3.8, 4) is 11.3 Å². The summed E-state index contributed by atoms with van der Waals surface area (Å²) in [5.41, 5.74) is 3.72. The molecule has 0 aliphatic carbocycles. The monoisotopic (exact) mass is 174 g/mol. The fourth-order valence-electron chi connectivity index (χ4n) is 1.60. The zero-order chi connectivity index (χ0) is 9.42. The maximum absolute atomic E-state index is 4.38. The topological polar surface area (TPSA) is 17.8 Å². The Morgan fingerprint density at radius 2 is 2.15 bits per heavy atom. The van der Waals surface area contributed by atoms with E-state index in [-0.39, 0.29) is 0 Å². The molecule has 68 valence electrons. The second kappa shape index (κ2) is 2.87. The fourth-order valence-corrected chi connectivity index (χ4v) is 1.60. The predicted octanol–water partition coefficient (Wildman–Crippen LogP) is 2.65. The maximum atomic E-state index is 4.38. The van der Waals surface area contributed by atoms with Gasteiger partial charge in [0.1, 0.15) is 0 Å². The van der Waals surface area contributed by atoms with Crippen LogP contribution in [0.2, 0.25) is 0 Å². The third kappa shape index (κ3) is 1.32. The standard InChI is InChI=1S/C11H14N2/c1-8(2)10-6-12-11-7-13(3)5-4-9(10)11/h4-8H,1-3H3. The van der Waals surface area contributed by atoms with Crippen LogP contribution in [0.25, 0.3) is 11.3 Å². The van der Waals surface area contributed by atoms with Crippen molar-refractivity contribution >= 4 is 0 Å². The van der Waals surface area contributed by atoms with E-state index in [1.165, 1.54) is 11.1 Å². The van der Waals surface area contributed by atoms with Gasteiger partial charge in [-0.1, -0.05) is 13.8 Å². The number of pyridine rings is 1. The van der Waals surface area contributed by atoms with Gasteiger partial charge in [0.2, 0.25) is 0 Å². The van der Waals surface area contributed by atoms with Crippen molar-refractivity contribution in [3.63, 3.8) is 0 Å². The Morgan fingerprint density at radius 1 is 1.38 bits per heavy atom. The molecule has 0 aromatic heterocycles. The highest BCUT2D eigenvalue weighted by Crippen LogP contribution is 2.29. The molecule has 0 radical (unpaired) electrons. The lowest BCUT2D eigenvalue weighted by Crippen LogP contribution is -1.92. The second-order valence-corrected chi connectivity index (χ2v) is 3.78. The van der Waals surface area contributed by atoms with Gasteiger partial charge in [-0.25, -0.2) is 0 Å². The van der Waals surface area contributed by atoms with E-state index in [1.54, 1.807) is 0 Å². The largest absolute Gasteiger partial charge is 0.355 e. The lowest BCUT2D eigenvalue weighted by atomic mass is 10.0. The third-order valence-electron chi connectivity index (χ3n) is 2.35. The van der Waals surface area contributed by atoms with E-state index in [2.05, 4.69) is 37.3 Å². The Morgan fingerprint density at radius 3 is 2.85 bits per heavy atom. The SMILES string of the molecule is CC(C)c1cnc2cn(C)ccc1-2. The molecular weight excluding hydrogens is 160 g/mol. The molecule has 0 saturated carbocycles. The highest BCUT2D eigenvalue weighted by atomic mass is 14.9. The van der Waals surface area contributed by atoms with Crippen LogP contribution in [0.3, 0.4) is 0 Å². The molecule has 0 aromatic carbocycles. The molecule has 0 amide bonds. The number of hydrogen-bond acceptors (Lipinski definition) is 1. The Labute approximate surface area is 78.6 Å². The molecule has 0 fully saturated rings. The van der Waals surface area contributed by atoms with E-state index in [9.17, 15) is 0 Å². The van der Waals surface area contributed by atoms with Crippen LogP contribution in [0, 0.1) is 0 Å².